The Bertz CT molecular complexity index is 1240. The predicted molar refractivity (Wildman–Crippen MR) is 115 cm³/mol. The van der Waals surface area contributed by atoms with Crippen LogP contribution in [-0.4, -0.2) is 16.8 Å². The number of rotatable bonds is 4. The lowest BCUT2D eigenvalue weighted by molar-refractivity contribution is 0.100. The van der Waals surface area contributed by atoms with Crippen molar-refractivity contribution in [2.75, 3.05) is 5.32 Å². The van der Waals surface area contributed by atoms with Gasteiger partial charge >= 0.3 is 0 Å². The van der Waals surface area contributed by atoms with Crippen LogP contribution in [-0.2, 0) is 0 Å². The molecule has 0 aliphatic heterocycles. The molecule has 0 aliphatic rings. The van der Waals surface area contributed by atoms with E-state index < -0.39 is 5.91 Å². The number of aromatic nitrogens is 1. The number of nitrogens with two attached hydrogens (primary N) is 1. The predicted octanol–water partition coefficient (Wildman–Crippen LogP) is 4.91. The number of carbonyl (C=O) groups is 2. The Morgan fingerprint density at radius 2 is 1.55 bits per heavy atom. The molecule has 2 amide bonds. The van der Waals surface area contributed by atoms with Crippen LogP contribution in [0.4, 0.5) is 5.69 Å². The molecule has 0 fully saturated rings. The Labute approximate surface area is 172 Å². The Balaban J connectivity index is 1.81. The van der Waals surface area contributed by atoms with Crippen LogP contribution in [0.15, 0.2) is 78.9 Å². The molecule has 142 valence electrons. The second-order valence-corrected chi connectivity index (χ2v) is 6.88. The van der Waals surface area contributed by atoms with Gasteiger partial charge in [0.25, 0.3) is 11.8 Å². The summed E-state index contributed by atoms with van der Waals surface area (Å²) >= 11 is 5.98. The summed E-state index contributed by atoms with van der Waals surface area (Å²) in [4.78, 5) is 29.5. The number of fused-ring (bicyclic) bond motifs is 1. The highest BCUT2D eigenvalue weighted by atomic mass is 35.5. The van der Waals surface area contributed by atoms with Crippen LogP contribution in [0.1, 0.15) is 20.7 Å². The van der Waals surface area contributed by atoms with Gasteiger partial charge in [0.2, 0.25) is 0 Å². The number of benzene rings is 3. The topological polar surface area (TPSA) is 85.1 Å². The maximum Gasteiger partial charge on any atom is 0.256 e. The van der Waals surface area contributed by atoms with E-state index in [1.165, 1.54) is 0 Å². The number of hydrogen-bond donors (Lipinski definition) is 2. The summed E-state index contributed by atoms with van der Waals surface area (Å²) in [6.07, 6.45) is 0. The van der Waals surface area contributed by atoms with E-state index in [0.29, 0.717) is 32.9 Å². The molecule has 0 saturated carbocycles. The van der Waals surface area contributed by atoms with Crippen LogP contribution >= 0.6 is 11.6 Å². The van der Waals surface area contributed by atoms with Gasteiger partial charge in [0, 0.05) is 16.0 Å². The van der Waals surface area contributed by atoms with Gasteiger partial charge in [-0.2, -0.15) is 0 Å². The summed E-state index contributed by atoms with van der Waals surface area (Å²) < 4.78 is 0. The first-order valence-corrected chi connectivity index (χ1v) is 9.26. The minimum atomic E-state index is -0.609. The minimum Gasteiger partial charge on any atom is -0.366 e. The van der Waals surface area contributed by atoms with Crippen LogP contribution < -0.4 is 11.1 Å². The normalized spacial score (nSPS) is 10.7. The van der Waals surface area contributed by atoms with E-state index in [4.69, 9.17) is 17.3 Å². The minimum absolute atomic E-state index is 0.247. The number of carbonyl (C=O) groups excluding carboxylic acids is 2. The monoisotopic (exact) mass is 401 g/mol. The number of pyridine rings is 1. The number of hydrogen-bond acceptors (Lipinski definition) is 3. The standard InChI is InChI=1S/C23H16ClN3O2/c24-15-11-9-14(10-12-15)21-13-18(16-5-1-3-7-19(16)26-21)23(29)27-20-8-4-2-6-17(20)22(25)28/h1-13H,(H2,25,28)(H,27,29). The fourth-order valence-electron chi connectivity index (χ4n) is 3.13. The Kier molecular flexibility index (Phi) is 4.97. The highest BCUT2D eigenvalue weighted by Crippen LogP contribution is 2.27. The van der Waals surface area contributed by atoms with Gasteiger partial charge in [-0.15, -0.1) is 0 Å². The average molecular weight is 402 g/mol. The zero-order valence-electron chi connectivity index (χ0n) is 15.2. The van der Waals surface area contributed by atoms with Crippen molar-refractivity contribution in [3.8, 4) is 11.3 Å². The number of primary amides is 1. The Morgan fingerprint density at radius 1 is 0.862 bits per heavy atom. The molecule has 6 heteroatoms. The average Bonchev–Trinajstić information content (AvgIpc) is 2.73. The molecule has 4 rings (SSSR count). The quantitative estimate of drug-likeness (QED) is 0.509. The SMILES string of the molecule is NC(=O)c1ccccc1NC(=O)c1cc(-c2ccc(Cl)cc2)nc2ccccc12. The first kappa shape index (κ1) is 18.7. The van der Waals surface area contributed by atoms with Crippen LogP contribution in [0, 0.1) is 0 Å². The molecule has 0 spiro atoms. The molecule has 0 aliphatic carbocycles. The van der Waals surface area contributed by atoms with Gasteiger partial charge in [-0.25, -0.2) is 4.98 Å². The lowest BCUT2D eigenvalue weighted by Crippen LogP contribution is -2.18. The lowest BCUT2D eigenvalue weighted by Gasteiger charge is -2.12. The van der Waals surface area contributed by atoms with Crippen molar-refractivity contribution in [1.29, 1.82) is 0 Å². The van der Waals surface area contributed by atoms with E-state index in [1.807, 2.05) is 36.4 Å². The van der Waals surface area contributed by atoms with Crippen molar-refractivity contribution in [3.63, 3.8) is 0 Å². The van der Waals surface area contributed by atoms with E-state index in [2.05, 4.69) is 10.3 Å². The molecular weight excluding hydrogens is 386 g/mol. The molecule has 0 atom stereocenters. The van der Waals surface area contributed by atoms with Crippen molar-refractivity contribution in [2.24, 2.45) is 5.73 Å². The van der Waals surface area contributed by atoms with Crippen LogP contribution in [0.3, 0.4) is 0 Å². The van der Waals surface area contributed by atoms with Gasteiger partial charge in [-0.1, -0.05) is 54.1 Å². The molecule has 0 saturated heterocycles. The number of halogens is 1. The maximum absolute atomic E-state index is 13.1. The summed E-state index contributed by atoms with van der Waals surface area (Å²) in [5, 5.41) is 4.13. The molecule has 1 aromatic heterocycles. The molecule has 0 bridgehead atoms. The van der Waals surface area contributed by atoms with E-state index in [0.717, 1.165) is 5.56 Å². The Hall–Kier alpha value is -3.70. The van der Waals surface area contributed by atoms with Gasteiger partial charge in [0.05, 0.1) is 28.0 Å². The third-order valence-electron chi connectivity index (χ3n) is 4.54. The highest BCUT2D eigenvalue weighted by Gasteiger charge is 2.16. The third-order valence-corrected chi connectivity index (χ3v) is 4.79. The largest absolute Gasteiger partial charge is 0.366 e. The summed E-state index contributed by atoms with van der Waals surface area (Å²) in [7, 11) is 0. The molecule has 3 N–H and O–H groups in total. The molecule has 0 radical (unpaired) electrons. The number of amides is 2. The van der Waals surface area contributed by atoms with Crippen LogP contribution in [0.5, 0.6) is 0 Å². The van der Waals surface area contributed by atoms with Crippen molar-refractivity contribution >= 4 is 40.0 Å². The summed E-state index contributed by atoms with van der Waals surface area (Å²) in [5.74, 6) is -0.963. The zero-order valence-corrected chi connectivity index (χ0v) is 16.0. The van der Waals surface area contributed by atoms with Gasteiger partial charge in [0.1, 0.15) is 0 Å². The summed E-state index contributed by atoms with van der Waals surface area (Å²) in [6, 6.07) is 23.0. The van der Waals surface area contributed by atoms with Crippen molar-refractivity contribution in [2.45, 2.75) is 0 Å². The van der Waals surface area contributed by atoms with Crippen molar-refractivity contribution in [1.82, 2.24) is 4.98 Å². The number of nitrogens with zero attached hydrogens (tertiary/aromatic N) is 1. The molecular formula is C23H16ClN3O2. The first-order valence-electron chi connectivity index (χ1n) is 8.89. The second-order valence-electron chi connectivity index (χ2n) is 6.44. The van der Waals surface area contributed by atoms with E-state index in [9.17, 15) is 9.59 Å². The number of nitrogens with one attached hydrogen (secondary N) is 1. The molecule has 29 heavy (non-hydrogen) atoms. The van der Waals surface area contributed by atoms with Crippen LogP contribution in [0.2, 0.25) is 5.02 Å². The van der Waals surface area contributed by atoms with Crippen molar-refractivity contribution in [3.05, 3.63) is 95.0 Å². The number of para-hydroxylation sites is 2. The molecule has 4 aromatic rings. The molecule has 1 heterocycles. The fourth-order valence-corrected chi connectivity index (χ4v) is 3.25. The van der Waals surface area contributed by atoms with Gasteiger partial charge in [0.15, 0.2) is 0 Å². The second kappa shape index (κ2) is 7.73. The number of anilines is 1. The van der Waals surface area contributed by atoms with Gasteiger partial charge < -0.3 is 11.1 Å². The van der Waals surface area contributed by atoms with E-state index in [-0.39, 0.29) is 11.5 Å². The third kappa shape index (κ3) is 3.81. The molecule has 3 aromatic carbocycles. The maximum atomic E-state index is 13.1. The fraction of sp³-hybridized carbons (Fsp3) is 0. The first-order chi connectivity index (χ1) is 14.0. The van der Waals surface area contributed by atoms with E-state index >= 15 is 0 Å². The van der Waals surface area contributed by atoms with Gasteiger partial charge in [-0.05, 0) is 36.4 Å². The van der Waals surface area contributed by atoms with Gasteiger partial charge in [-0.3, -0.25) is 9.59 Å². The zero-order chi connectivity index (χ0) is 20.4. The highest BCUT2D eigenvalue weighted by molar-refractivity contribution is 6.30. The lowest BCUT2D eigenvalue weighted by atomic mass is 10.0. The van der Waals surface area contributed by atoms with Crippen molar-refractivity contribution < 1.29 is 9.59 Å². The van der Waals surface area contributed by atoms with E-state index in [1.54, 1.807) is 42.5 Å². The molecule has 0 unspecified atom stereocenters. The van der Waals surface area contributed by atoms with Crippen LogP contribution in [0.25, 0.3) is 22.2 Å². The smallest absolute Gasteiger partial charge is 0.256 e. The molecule has 5 nitrogen and oxygen atoms in total. The summed E-state index contributed by atoms with van der Waals surface area (Å²) in [5.41, 5.74) is 8.65. The summed E-state index contributed by atoms with van der Waals surface area (Å²) in [6.45, 7) is 0. The Morgan fingerprint density at radius 3 is 2.31 bits per heavy atom.